The van der Waals surface area contributed by atoms with Crippen molar-refractivity contribution in [1.82, 2.24) is 4.57 Å². The molecule has 1 fully saturated rings. The Morgan fingerprint density at radius 3 is 2.63 bits per heavy atom. The number of nitrogens with zero attached hydrogens (tertiary/aromatic N) is 1. The molecule has 4 heteroatoms. The number of aromatic nitrogens is 1. The molecule has 0 radical (unpaired) electrons. The lowest BCUT2D eigenvalue weighted by Gasteiger charge is -2.23. The van der Waals surface area contributed by atoms with Crippen molar-refractivity contribution < 1.29 is 4.42 Å². The van der Waals surface area contributed by atoms with Gasteiger partial charge in [-0.25, -0.2) is 4.79 Å². The van der Waals surface area contributed by atoms with Crippen LogP contribution >= 0.6 is 0 Å². The highest BCUT2D eigenvalue weighted by atomic mass is 16.4. The summed E-state index contributed by atoms with van der Waals surface area (Å²) >= 11 is 0. The Hall–Kier alpha value is -2.49. The molecular weight excluding hydrogens is 336 g/mol. The molecule has 4 rings (SSSR count). The van der Waals surface area contributed by atoms with Crippen LogP contribution in [0.15, 0.2) is 57.7 Å². The molecule has 1 aliphatic carbocycles. The van der Waals surface area contributed by atoms with Crippen molar-refractivity contribution in [3.05, 3.63) is 64.6 Å². The largest absolute Gasteiger partial charge is 0.420 e. The molecule has 1 atom stereocenters. The molecule has 27 heavy (non-hydrogen) atoms. The van der Waals surface area contributed by atoms with Crippen molar-refractivity contribution in [1.29, 1.82) is 0 Å². The van der Waals surface area contributed by atoms with E-state index in [1.165, 1.54) is 24.8 Å². The highest BCUT2D eigenvalue weighted by molar-refractivity contribution is 5.87. The molecule has 1 unspecified atom stereocenters. The van der Waals surface area contributed by atoms with Crippen LogP contribution in [0.25, 0.3) is 11.1 Å². The average molecular weight is 364 g/mol. The van der Waals surface area contributed by atoms with E-state index in [1.54, 1.807) is 0 Å². The fraction of sp³-hybridized carbons (Fsp3) is 0.435. The number of hydrogen-bond acceptors (Lipinski definition) is 3. The molecule has 4 nitrogen and oxygen atoms in total. The van der Waals surface area contributed by atoms with Crippen LogP contribution in [0.2, 0.25) is 0 Å². The van der Waals surface area contributed by atoms with Gasteiger partial charge in [0, 0.05) is 12.1 Å². The number of anilines is 1. The molecule has 1 saturated carbocycles. The maximum absolute atomic E-state index is 12.6. The summed E-state index contributed by atoms with van der Waals surface area (Å²) in [6.45, 7) is 2.20. The van der Waals surface area contributed by atoms with Gasteiger partial charge in [-0.1, -0.05) is 55.7 Å². The maximum atomic E-state index is 12.6. The van der Waals surface area contributed by atoms with Crippen LogP contribution in [0.1, 0.15) is 57.1 Å². The van der Waals surface area contributed by atoms with Crippen LogP contribution in [0.3, 0.4) is 0 Å². The summed E-state index contributed by atoms with van der Waals surface area (Å²) < 4.78 is 7.47. The third kappa shape index (κ3) is 3.95. The van der Waals surface area contributed by atoms with E-state index < -0.39 is 0 Å². The summed E-state index contributed by atoms with van der Waals surface area (Å²) in [6, 6.07) is 17.1. The van der Waals surface area contributed by atoms with Crippen LogP contribution in [0, 0.1) is 0 Å². The van der Waals surface area contributed by atoms with Gasteiger partial charge in [-0.3, -0.25) is 4.57 Å². The fourth-order valence-electron chi connectivity index (χ4n) is 4.24. The van der Waals surface area contributed by atoms with Gasteiger partial charge in [0.05, 0.1) is 5.69 Å². The summed E-state index contributed by atoms with van der Waals surface area (Å²) in [6.07, 6.45) is 7.83. The minimum Gasteiger partial charge on any atom is -0.408 e. The van der Waals surface area contributed by atoms with Gasteiger partial charge in [-0.15, -0.1) is 0 Å². The fourth-order valence-corrected chi connectivity index (χ4v) is 4.24. The SMILES string of the molecule is CC(CCc1ccccc1)Nc1cccc2oc(=O)n(C3CCCCC3)c12. The third-order valence-corrected chi connectivity index (χ3v) is 5.68. The normalized spacial score (nSPS) is 16.5. The van der Waals surface area contributed by atoms with Crippen molar-refractivity contribution >= 4 is 16.8 Å². The Labute approximate surface area is 160 Å². The number of para-hydroxylation sites is 1. The minimum absolute atomic E-state index is 0.219. The van der Waals surface area contributed by atoms with E-state index in [4.69, 9.17) is 4.42 Å². The first-order valence-electron chi connectivity index (χ1n) is 10.2. The number of aryl methyl sites for hydroxylation is 1. The van der Waals surface area contributed by atoms with Gasteiger partial charge in [-0.05, 0) is 50.3 Å². The molecule has 0 amide bonds. The second-order valence-corrected chi connectivity index (χ2v) is 7.75. The Morgan fingerprint density at radius 1 is 1.07 bits per heavy atom. The predicted octanol–water partition coefficient (Wildman–Crippen LogP) is 5.53. The lowest BCUT2D eigenvalue weighted by molar-refractivity contribution is 0.336. The van der Waals surface area contributed by atoms with E-state index in [0.717, 1.165) is 36.9 Å². The highest BCUT2D eigenvalue weighted by Crippen LogP contribution is 2.33. The van der Waals surface area contributed by atoms with Crippen LogP contribution in [0.4, 0.5) is 5.69 Å². The molecule has 3 aromatic rings. The molecule has 0 spiro atoms. The van der Waals surface area contributed by atoms with E-state index in [-0.39, 0.29) is 11.8 Å². The molecule has 0 aliphatic heterocycles. The molecule has 142 valence electrons. The maximum Gasteiger partial charge on any atom is 0.420 e. The Morgan fingerprint density at radius 2 is 1.85 bits per heavy atom. The summed E-state index contributed by atoms with van der Waals surface area (Å²) in [4.78, 5) is 12.6. The van der Waals surface area contributed by atoms with Crippen molar-refractivity contribution in [2.45, 2.75) is 64.0 Å². The van der Waals surface area contributed by atoms with Crippen LogP contribution < -0.4 is 11.1 Å². The lowest BCUT2D eigenvalue weighted by atomic mass is 9.95. The molecule has 0 bridgehead atoms. The van der Waals surface area contributed by atoms with Gasteiger partial charge in [0.15, 0.2) is 5.58 Å². The van der Waals surface area contributed by atoms with Crippen LogP contribution in [-0.4, -0.2) is 10.6 Å². The zero-order chi connectivity index (χ0) is 18.6. The number of hydrogen-bond donors (Lipinski definition) is 1. The van der Waals surface area contributed by atoms with Gasteiger partial charge in [0.2, 0.25) is 0 Å². The summed E-state index contributed by atoms with van der Waals surface area (Å²) in [7, 11) is 0. The van der Waals surface area contributed by atoms with Gasteiger partial charge in [0.25, 0.3) is 0 Å². The quantitative estimate of drug-likeness (QED) is 0.625. The second-order valence-electron chi connectivity index (χ2n) is 7.75. The van der Waals surface area contributed by atoms with Crippen molar-refractivity contribution in [3.8, 4) is 0 Å². The summed E-state index contributed by atoms with van der Waals surface area (Å²) in [5.41, 5.74) is 3.98. The smallest absolute Gasteiger partial charge is 0.408 e. The molecular formula is C23H28N2O2. The number of nitrogens with one attached hydrogen (secondary N) is 1. The molecule has 1 aromatic heterocycles. The highest BCUT2D eigenvalue weighted by Gasteiger charge is 2.23. The third-order valence-electron chi connectivity index (χ3n) is 5.68. The van der Waals surface area contributed by atoms with Crippen molar-refractivity contribution in [2.24, 2.45) is 0 Å². The van der Waals surface area contributed by atoms with Gasteiger partial charge < -0.3 is 9.73 Å². The Kier molecular flexibility index (Phi) is 5.33. The lowest BCUT2D eigenvalue weighted by Crippen LogP contribution is -2.23. The number of fused-ring (bicyclic) bond motifs is 1. The standard InChI is InChI=1S/C23H28N2O2/c1-17(15-16-18-9-4-2-5-10-18)24-20-13-8-14-21-22(20)25(23(26)27-21)19-11-6-3-7-12-19/h2,4-5,8-10,13-14,17,19,24H,3,6-7,11-12,15-16H2,1H3. The van der Waals surface area contributed by atoms with Crippen LogP contribution in [0.5, 0.6) is 0 Å². The number of rotatable bonds is 6. The van der Waals surface area contributed by atoms with Gasteiger partial charge in [-0.2, -0.15) is 0 Å². The van der Waals surface area contributed by atoms with E-state index in [1.807, 2.05) is 16.7 Å². The average Bonchev–Trinajstić information content (AvgIpc) is 3.05. The molecule has 1 aliphatic rings. The van der Waals surface area contributed by atoms with E-state index in [9.17, 15) is 4.79 Å². The number of benzene rings is 2. The van der Waals surface area contributed by atoms with E-state index >= 15 is 0 Å². The molecule has 1 N–H and O–H groups in total. The first kappa shape index (κ1) is 17.9. The van der Waals surface area contributed by atoms with Crippen molar-refractivity contribution in [3.63, 3.8) is 0 Å². The Bertz CT molecular complexity index is 936. The Balaban J connectivity index is 1.56. The topological polar surface area (TPSA) is 47.2 Å². The first-order valence-corrected chi connectivity index (χ1v) is 10.2. The van der Waals surface area contributed by atoms with Gasteiger partial charge in [0.1, 0.15) is 5.52 Å². The molecule has 2 aromatic carbocycles. The first-order chi connectivity index (χ1) is 13.2. The second kappa shape index (κ2) is 8.03. The summed E-state index contributed by atoms with van der Waals surface area (Å²) in [5, 5.41) is 3.63. The predicted molar refractivity (Wildman–Crippen MR) is 110 cm³/mol. The molecule has 1 heterocycles. The molecule has 0 saturated heterocycles. The van der Waals surface area contributed by atoms with E-state index in [2.05, 4.69) is 48.6 Å². The van der Waals surface area contributed by atoms with Crippen molar-refractivity contribution in [2.75, 3.05) is 5.32 Å². The number of oxazole rings is 1. The van der Waals surface area contributed by atoms with Gasteiger partial charge >= 0.3 is 5.76 Å². The van der Waals surface area contributed by atoms with E-state index in [0.29, 0.717) is 11.6 Å². The summed E-state index contributed by atoms with van der Waals surface area (Å²) in [5.74, 6) is -0.219. The van der Waals surface area contributed by atoms with Crippen LogP contribution in [-0.2, 0) is 6.42 Å². The monoisotopic (exact) mass is 364 g/mol. The zero-order valence-electron chi connectivity index (χ0n) is 16.0. The minimum atomic E-state index is -0.219. The zero-order valence-corrected chi connectivity index (χ0v) is 16.0.